The molecule has 1 heterocycles. The van der Waals surface area contributed by atoms with E-state index in [1.165, 1.54) is 0 Å². The van der Waals surface area contributed by atoms with Crippen molar-refractivity contribution in [1.29, 1.82) is 0 Å². The van der Waals surface area contributed by atoms with Crippen LogP contribution in [0.15, 0.2) is 0 Å². The molecule has 0 aliphatic carbocycles. The summed E-state index contributed by atoms with van der Waals surface area (Å²) in [5.74, 6) is 0. The molecule has 1 aliphatic heterocycles. The molecule has 0 aromatic rings. The minimum Gasteiger partial charge on any atom is -0.634 e. The summed E-state index contributed by atoms with van der Waals surface area (Å²) in [7, 11) is 0. The van der Waals surface area contributed by atoms with Crippen LogP contribution in [0.5, 0.6) is 0 Å². The van der Waals surface area contributed by atoms with E-state index in [1.807, 2.05) is 34.6 Å². The SMILES string of the molecule is CCC1(O)CC(C)(C)[NH+]([O-])C(C)(C)C1. The molecule has 0 aromatic heterocycles. The van der Waals surface area contributed by atoms with Crippen molar-refractivity contribution >= 4 is 0 Å². The van der Waals surface area contributed by atoms with E-state index in [4.69, 9.17) is 0 Å². The Morgan fingerprint density at radius 1 is 1.14 bits per heavy atom. The number of rotatable bonds is 1. The number of quaternary nitrogens is 1. The van der Waals surface area contributed by atoms with Gasteiger partial charge >= 0.3 is 0 Å². The molecule has 84 valence electrons. The lowest BCUT2D eigenvalue weighted by atomic mass is 9.71. The summed E-state index contributed by atoms with van der Waals surface area (Å²) in [4.78, 5) is 0. The molecule has 1 rings (SSSR count). The van der Waals surface area contributed by atoms with E-state index in [0.717, 1.165) is 6.42 Å². The largest absolute Gasteiger partial charge is 0.634 e. The molecule has 0 amide bonds. The topological polar surface area (TPSA) is 47.7 Å². The zero-order valence-corrected chi connectivity index (χ0v) is 9.98. The summed E-state index contributed by atoms with van der Waals surface area (Å²) < 4.78 is 0. The second kappa shape index (κ2) is 3.19. The number of hydroxylamine groups is 2. The van der Waals surface area contributed by atoms with Gasteiger partial charge in [0, 0.05) is 12.8 Å². The normalized spacial score (nSPS) is 40.9. The van der Waals surface area contributed by atoms with Crippen LogP contribution < -0.4 is 5.06 Å². The van der Waals surface area contributed by atoms with Crippen molar-refractivity contribution in [2.75, 3.05) is 0 Å². The van der Waals surface area contributed by atoms with E-state index in [9.17, 15) is 10.3 Å². The van der Waals surface area contributed by atoms with Gasteiger partial charge in [0.15, 0.2) is 0 Å². The minimum atomic E-state index is -0.652. The van der Waals surface area contributed by atoms with Gasteiger partial charge in [0.25, 0.3) is 0 Å². The molecule has 14 heavy (non-hydrogen) atoms. The molecule has 0 atom stereocenters. The Kier molecular flexibility index (Phi) is 2.72. The summed E-state index contributed by atoms with van der Waals surface area (Å²) in [6, 6.07) is 0. The van der Waals surface area contributed by atoms with Gasteiger partial charge in [0.05, 0.1) is 16.7 Å². The highest BCUT2D eigenvalue weighted by Gasteiger charge is 2.51. The van der Waals surface area contributed by atoms with Gasteiger partial charge in [-0.2, -0.15) is 0 Å². The van der Waals surface area contributed by atoms with Crippen LogP contribution in [0, 0.1) is 5.21 Å². The highest BCUT2D eigenvalue weighted by molar-refractivity contribution is 4.95. The number of hydrogen-bond donors (Lipinski definition) is 2. The van der Waals surface area contributed by atoms with Gasteiger partial charge in [-0.05, 0) is 34.1 Å². The smallest absolute Gasteiger partial charge is 0.0948 e. The molecule has 1 fully saturated rings. The van der Waals surface area contributed by atoms with Gasteiger partial charge in [-0.1, -0.05) is 6.92 Å². The van der Waals surface area contributed by atoms with Gasteiger partial charge in [-0.25, -0.2) is 0 Å². The van der Waals surface area contributed by atoms with E-state index in [2.05, 4.69) is 0 Å². The first-order valence-electron chi connectivity index (χ1n) is 5.40. The Morgan fingerprint density at radius 2 is 1.50 bits per heavy atom. The number of nitrogens with one attached hydrogen (secondary N) is 1. The molecule has 0 aromatic carbocycles. The van der Waals surface area contributed by atoms with Crippen LogP contribution in [0.2, 0.25) is 0 Å². The maximum atomic E-state index is 12.1. The van der Waals surface area contributed by atoms with Gasteiger partial charge < -0.3 is 15.4 Å². The van der Waals surface area contributed by atoms with E-state index in [1.54, 1.807) is 0 Å². The lowest BCUT2D eigenvalue weighted by Crippen LogP contribution is -3.23. The molecule has 0 spiro atoms. The van der Waals surface area contributed by atoms with Crippen molar-refractivity contribution in [1.82, 2.24) is 0 Å². The van der Waals surface area contributed by atoms with Gasteiger partial charge in [0.1, 0.15) is 0 Å². The zero-order valence-electron chi connectivity index (χ0n) is 9.98. The van der Waals surface area contributed by atoms with Crippen molar-refractivity contribution in [3.63, 3.8) is 0 Å². The molecule has 0 saturated carbocycles. The van der Waals surface area contributed by atoms with Crippen LogP contribution in [-0.2, 0) is 0 Å². The lowest BCUT2D eigenvalue weighted by Gasteiger charge is -2.57. The van der Waals surface area contributed by atoms with Crippen LogP contribution in [0.25, 0.3) is 0 Å². The fraction of sp³-hybridized carbons (Fsp3) is 1.00. The molecule has 3 heteroatoms. The van der Waals surface area contributed by atoms with Crippen LogP contribution >= 0.6 is 0 Å². The van der Waals surface area contributed by atoms with Crippen LogP contribution in [-0.4, -0.2) is 21.8 Å². The predicted octanol–water partition coefficient (Wildman–Crippen LogP) is 0.861. The Morgan fingerprint density at radius 3 is 1.79 bits per heavy atom. The highest BCUT2D eigenvalue weighted by atomic mass is 16.5. The van der Waals surface area contributed by atoms with E-state index in [0.29, 0.717) is 12.8 Å². The second-order valence-electron chi connectivity index (χ2n) is 6.03. The average Bonchev–Trinajstić information content (AvgIpc) is 1.99. The van der Waals surface area contributed by atoms with E-state index >= 15 is 0 Å². The van der Waals surface area contributed by atoms with E-state index < -0.39 is 5.60 Å². The summed E-state index contributed by atoms with van der Waals surface area (Å²) in [6.45, 7) is 9.75. The van der Waals surface area contributed by atoms with Gasteiger partial charge in [0.2, 0.25) is 0 Å². The number of aliphatic hydroxyl groups is 1. The van der Waals surface area contributed by atoms with E-state index in [-0.39, 0.29) is 16.1 Å². The second-order valence-corrected chi connectivity index (χ2v) is 6.03. The fourth-order valence-corrected chi connectivity index (χ4v) is 3.03. The molecule has 0 radical (unpaired) electrons. The van der Waals surface area contributed by atoms with Crippen molar-refractivity contribution in [3.8, 4) is 0 Å². The Hall–Kier alpha value is -0.120. The molecule has 3 nitrogen and oxygen atoms in total. The third kappa shape index (κ3) is 1.95. The summed E-state index contributed by atoms with van der Waals surface area (Å²) in [5.41, 5.74) is -1.42. The fourth-order valence-electron chi connectivity index (χ4n) is 3.03. The van der Waals surface area contributed by atoms with Gasteiger partial charge in [-0.15, -0.1) is 0 Å². The van der Waals surface area contributed by atoms with Crippen LogP contribution in [0.4, 0.5) is 0 Å². The summed E-state index contributed by atoms with van der Waals surface area (Å²) in [5, 5.41) is 22.7. The predicted molar refractivity (Wildman–Crippen MR) is 57.0 cm³/mol. The first-order chi connectivity index (χ1) is 6.13. The maximum Gasteiger partial charge on any atom is 0.0948 e. The van der Waals surface area contributed by atoms with Gasteiger partial charge in [-0.3, -0.25) is 0 Å². The Bertz CT molecular complexity index is 200. The first-order valence-corrected chi connectivity index (χ1v) is 5.40. The minimum absolute atomic E-state index is 0.281. The Labute approximate surface area is 86.7 Å². The van der Waals surface area contributed by atoms with Crippen molar-refractivity contribution in [2.24, 2.45) is 0 Å². The third-order valence-electron chi connectivity index (χ3n) is 3.43. The highest BCUT2D eigenvalue weighted by Crippen LogP contribution is 2.34. The van der Waals surface area contributed by atoms with Crippen molar-refractivity contribution < 1.29 is 10.2 Å². The Balaban J connectivity index is 2.97. The number of piperidine rings is 1. The molecule has 0 bridgehead atoms. The zero-order chi connectivity index (χ0) is 11.2. The quantitative estimate of drug-likeness (QED) is 0.618. The monoisotopic (exact) mass is 201 g/mol. The molecule has 1 aliphatic rings. The molecule has 0 unspecified atom stereocenters. The van der Waals surface area contributed by atoms with Crippen LogP contribution in [0.1, 0.15) is 53.9 Å². The third-order valence-corrected chi connectivity index (χ3v) is 3.43. The van der Waals surface area contributed by atoms with Crippen molar-refractivity contribution in [3.05, 3.63) is 5.21 Å². The maximum absolute atomic E-state index is 12.1. The average molecular weight is 201 g/mol. The molecular formula is C11H23NO2. The van der Waals surface area contributed by atoms with Crippen LogP contribution in [0.3, 0.4) is 0 Å². The standard InChI is InChI=1S/C11H23NO2/c1-6-11(13)7-9(2,3)12(14)10(4,5)8-11/h12-13H,6-8H2,1-5H3. The molecule has 2 N–H and O–H groups in total. The summed E-state index contributed by atoms with van der Waals surface area (Å²) in [6.07, 6.45) is 1.92. The first kappa shape index (κ1) is 12.0. The summed E-state index contributed by atoms with van der Waals surface area (Å²) >= 11 is 0. The van der Waals surface area contributed by atoms with Crippen molar-refractivity contribution in [2.45, 2.75) is 70.6 Å². The lowest BCUT2D eigenvalue weighted by molar-refractivity contribution is -0.958. The molecular weight excluding hydrogens is 178 g/mol. The molecule has 1 saturated heterocycles. The number of hydrogen-bond acceptors (Lipinski definition) is 2.